The van der Waals surface area contributed by atoms with Gasteiger partial charge < -0.3 is 14.6 Å². The van der Waals surface area contributed by atoms with Crippen LogP contribution in [0.2, 0.25) is 0 Å². The first-order valence-electron chi connectivity index (χ1n) is 11.1. The van der Waals surface area contributed by atoms with Gasteiger partial charge >= 0.3 is 0 Å². The van der Waals surface area contributed by atoms with E-state index in [1.165, 1.54) is 19.3 Å². The summed E-state index contributed by atoms with van der Waals surface area (Å²) in [6.45, 7) is 11.6. The summed E-state index contributed by atoms with van der Waals surface area (Å²) in [5.41, 5.74) is 1.56. The van der Waals surface area contributed by atoms with Crippen LogP contribution < -0.4 is 10.1 Å². The number of aromatic nitrogens is 2. The highest BCUT2D eigenvalue weighted by Gasteiger charge is 2.52. The Balaban J connectivity index is 1.39. The van der Waals surface area contributed by atoms with Crippen molar-refractivity contribution in [2.24, 2.45) is 5.41 Å². The van der Waals surface area contributed by atoms with Gasteiger partial charge in [0.1, 0.15) is 5.75 Å². The molecule has 158 valence electrons. The van der Waals surface area contributed by atoms with Crippen molar-refractivity contribution in [3.63, 3.8) is 0 Å². The molecule has 1 aromatic carbocycles. The second-order valence-electron chi connectivity index (χ2n) is 10.5. The van der Waals surface area contributed by atoms with Crippen LogP contribution in [0.3, 0.4) is 0 Å². The Kier molecular flexibility index (Phi) is 5.12. The standard InChI is InChI=1S/C24H35N3O2/c1-17(2)28-19-8-6-7-18(15-19)25-16-23-9-12-24(13-10-23,14-11-23)21-26-20(27-29-21)22(3,4)5/h6-8,15,17,25H,9-14,16H2,1-5H3. The lowest BCUT2D eigenvalue weighted by Crippen LogP contribution is -2.47. The minimum Gasteiger partial charge on any atom is -0.491 e. The summed E-state index contributed by atoms with van der Waals surface area (Å²) in [6, 6.07) is 8.33. The van der Waals surface area contributed by atoms with E-state index in [-0.39, 0.29) is 16.9 Å². The van der Waals surface area contributed by atoms with Gasteiger partial charge in [-0.2, -0.15) is 4.98 Å². The van der Waals surface area contributed by atoms with E-state index in [2.05, 4.69) is 63.3 Å². The zero-order valence-corrected chi connectivity index (χ0v) is 18.5. The highest BCUT2D eigenvalue weighted by atomic mass is 16.5. The van der Waals surface area contributed by atoms with Crippen LogP contribution >= 0.6 is 0 Å². The first-order valence-corrected chi connectivity index (χ1v) is 11.1. The van der Waals surface area contributed by atoms with E-state index >= 15 is 0 Å². The number of benzene rings is 1. The Labute approximate surface area is 174 Å². The molecule has 2 aromatic rings. The van der Waals surface area contributed by atoms with Crippen molar-refractivity contribution >= 4 is 5.69 Å². The van der Waals surface area contributed by atoms with Crippen LogP contribution in [0.25, 0.3) is 0 Å². The van der Waals surface area contributed by atoms with E-state index in [9.17, 15) is 0 Å². The average Bonchev–Trinajstić information content (AvgIpc) is 3.19. The van der Waals surface area contributed by atoms with Crippen molar-refractivity contribution in [2.75, 3.05) is 11.9 Å². The van der Waals surface area contributed by atoms with Gasteiger partial charge in [-0.1, -0.05) is 32.0 Å². The second-order valence-corrected chi connectivity index (χ2v) is 10.5. The molecule has 3 saturated carbocycles. The summed E-state index contributed by atoms with van der Waals surface area (Å²) in [7, 11) is 0. The quantitative estimate of drug-likeness (QED) is 0.662. The van der Waals surface area contributed by atoms with Gasteiger partial charge in [-0.05, 0) is 69.9 Å². The van der Waals surface area contributed by atoms with E-state index in [0.717, 1.165) is 49.0 Å². The minimum absolute atomic E-state index is 0.0662. The van der Waals surface area contributed by atoms with Gasteiger partial charge in [0, 0.05) is 29.1 Å². The molecule has 0 radical (unpaired) electrons. The molecule has 3 aliphatic carbocycles. The van der Waals surface area contributed by atoms with Crippen molar-refractivity contribution in [1.29, 1.82) is 0 Å². The van der Waals surface area contributed by atoms with Gasteiger partial charge in [0.2, 0.25) is 5.89 Å². The van der Waals surface area contributed by atoms with Crippen molar-refractivity contribution < 1.29 is 9.26 Å². The summed E-state index contributed by atoms with van der Waals surface area (Å²) >= 11 is 0. The van der Waals surface area contributed by atoms with Gasteiger partial charge in [0.05, 0.1) is 6.10 Å². The molecule has 3 aliphatic rings. The Morgan fingerprint density at radius 1 is 1.10 bits per heavy atom. The molecule has 0 atom stereocenters. The van der Waals surface area contributed by atoms with Crippen molar-refractivity contribution in [2.45, 2.75) is 90.1 Å². The number of hydrogen-bond acceptors (Lipinski definition) is 5. The molecule has 3 fully saturated rings. The molecule has 1 heterocycles. The van der Waals surface area contributed by atoms with Crippen LogP contribution in [0.5, 0.6) is 5.75 Å². The van der Waals surface area contributed by atoms with Crippen LogP contribution in [-0.2, 0) is 10.8 Å². The van der Waals surface area contributed by atoms with E-state index in [0.29, 0.717) is 5.41 Å². The van der Waals surface area contributed by atoms with E-state index in [1.54, 1.807) is 0 Å². The highest BCUT2D eigenvalue weighted by molar-refractivity contribution is 5.48. The highest BCUT2D eigenvalue weighted by Crippen LogP contribution is 2.57. The monoisotopic (exact) mass is 397 g/mol. The van der Waals surface area contributed by atoms with E-state index in [1.807, 2.05) is 6.07 Å². The molecular weight excluding hydrogens is 362 g/mol. The largest absolute Gasteiger partial charge is 0.491 e. The van der Waals surface area contributed by atoms with Gasteiger partial charge in [0.25, 0.3) is 0 Å². The molecule has 2 bridgehead atoms. The summed E-state index contributed by atoms with van der Waals surface area (Å²) < 4.78 is 11.6. The number of anilines is 1. The smallest absolute Gasteiger partial charge is 0.232 e. The maximum Gasteiger partial charge on any atom is 0.232 e. The first kappa shape index (κ1) is 20.2. The first-order chi connectivity index (χ1) is 13.7. The lowest BCUT2D eigenvalue weighted by atomic mass is 9.53. The predicted octanol–water partition coefficient (Wildman–Crippen LogP) is 5.86. The molecule has 0 amide bonds. The maximum absolute atomic E-state index is 5.83. The normalized spacial score (nSPS) is 26.7. The molecule has 0 aliphatic heterocycles. The summed E-state index contributed by atoms with van der Waals surface area (Å²) in [5.74, 6) is 2.64. The fourth-order valence-electron chi connectivity index (χ4n) is 4.83. The molecule has 5 heteroatoms. The Hall–Kier alpha value is -2.04. The lowest BCUT2D eigenvalue weighted by molar-refractivity contribution is 0.0322. The predicted molar refractivity (Wildman–Crippen MR) is 116 cm³/mol. The molecule has 5 rings (SSSR count). The fraction of sp³-hybridized carbons (Fsp3) is 0.667. The van der Waals surface area contributed by atoms with Crippen molar-refractivity contribution in [3.05, 3.63) is 36.0 Å². The number of ether oxygens (including phenoxy) is 1. The van der Waals surface area contributed by atoms with E-state index in [4.69, 9.17) is 14.2 Å². The average molecular weight is 398 g/mol. The zero-order valence-electron chi connectivity index (χ0n) is 18.5. The number of hydrogen-bond donors (Lipinski definition) is 1. The van der Waals surface area contributed by atoms with Crippen LogP contribution in [0, 0.1) is 5.41 Å². The minimum atomic E-state index is -0.0662. The number of nitrogens with zero attached hydrogens (tertiary/aromatic N) is 2. The summed E-state index contributed by atoms with van der Waals surface area (Å²) in [6.07, 6.45) is 7.29. The molecular formula is C24H35N3O2. The van der Waals surface area contributed by atoms with Gasteiger partial charge in [0.15, 0.2) is 5.82 Å². The zero-order chi connectivity index (χ0) is 20.7. The molecule has 1 aromatic heterocycles. The number of fused-ring (bicyclic) bond motifs is 3. The SMILES string of the molecule is CC(C)Oc1cccc(NCC23CCC(c4nc(C(C)(C)C)no4)(CC2)CC3)c1. The molecule has 0 saturated heterocycles. The van der Waals surface area contributed by atoms with Gasteiger partial charge in [-0.15, -0.1) is 0 Å². The maximum atomic E-state index is 5.83. The topological polar surface area (TPSA) is 60.2 Å². The molecule has 1 N–H and O–H groups in total. The second kappa shape index (κ2) is 7.33. The molecule has 5 nitrogen and oxygen atoms in total. The van der Waals surface area contributed by atoms with Crippen LogP contribution in [0.1, 0.15) is 84.9 Å². The van der Waals surface area contributed by atoms with Crippen LogP contribution in [0.15, 0.2) is 28.8 Å². The molecule has 0 spiro atoms. The molecule has 29 heavy (non-hydrogen) atoms. The van der Waals surface area contributed by atoms with Crippen molar-refractivity contribution in [1.82, 2.24) is 10.1 Å². The van der Waals surface area contributed by atoms with Crippen LogP contribution in [0.4, 0.5) is 5.69 Å². The third-order valence-corrected chi connectivity index (χ3v) is 6.83. The fourth-order valence-corrected chi connectivity index (χ4v) is 4.83. The van der Waals surface area contributed by atoms with E-state index < -0.39 is 0 Å². The third-order valence-electron chi connectivity index (χ3n) is 6.83. The summed E-state index contributed by atoms with van der Waals surface area (Å²) in [4.78, 5) is 4.82. The summed E-state index contributed by atoms with van der Waals surface area (Å²) in [5, 5.41) is 7.97. The lowest BCUT2D eigenvalue weighted by Gasteiger charge is -2.52. The number of rotatable bonds is 6. The Bertz CT molecular complexity index is 825. The Morgan fingerprint density at radius 3 is 2.38 bits per heavy atom. The van der Waals surface area contributed by atoms with Gasteiger partial charge in [-0.3, -0.25) is 0 Å². The van der Waals surface area contributed by atoms with Gasteiger partial charge in [-0.25, -0.2) is 0 Å². The molecule has 0 unspecified atom stereocenters. The number of nitrogens with one attached hydrogen (secondary N) is 1. The van der Waals surface area contributed by atoms with Crippen molar-refractivity contribution in [3.8, 4) is 5.75 Å². The Morgan fingerprint density at radius 2 is 1.79 bits per heavy atom. The van der Waals surface area contributed by atoms with Crippen LogP contribution in [-0.4, -0.2) is 22.8 Å². The third kappa shape index (κ3) is 4.15.